The summed E-state index contributed by atoms with van der Waals surface area (Å²) in [6.45, 7) is 11.7. The molecule has 0 aliphatic rings. The van der Waals surface area contributed by atoms with E-state index in [4.69, 9.17) is 0 Å². The molecule has 1 aromatic rings. The second-order valence-corrected chi connectivity index (χ2v) is 5.14. The minimum atomic E-state index is 0.676. The fourth-order valence-corrected chi connectivity index (χ4v) is 1.81. The molecule has 0 fully saturated rings. The first-order valence-electron chi connectivity index (χ1n) is 6.75. The van der Waals surface area contributed by atoms with Gasteiger partial charge in [0.1, 0.15) is 0 Å². The van der Waals surface area contributed by atoms with Gasteiger partial charge < -0.3 is 5.32 Å². The molecule has 0 amide bonds. The molecule has 1 N–H and O–H groups in total. The minimum Gasteiger partial charge on any atom is -0.311 e. The lowest BCUT2D eigenvalue weighted by molar-refractivity contribution is 0.390. The predicted octanol–water partition coefficient (Wildman–Crippen LogP) is 2.46. The molecule has 0 aliphatic heterocycles. The van der Waals surface area contributed by atoms with Crippen LogP contribution in [0.15, 0.2) is 6.20 Å². The molecule has 0 unspecified atom stereocenters. The zero-order valence-corrected chi connectivity index (χ0v) is 11.6. The van der Waals surface area contributed by atoms with Gasteiger partial charge in [-0.2, -0.15) is 0 Å². The molecule has 98 valence electrons. The van der Waals surface area contributed by atoms with Gasteiger partial charge in [-0.1, -0.05) is 45.7 Å². The first-order chi connectivity index (χ1) is 8.15. The first-order valence-corrected chi connectivity index (χ1v) is 6.75. The first kappa shape index (κ1) is 14.2. The summed E-state index contributed by atoms with van der Waals surface area (Å²) in [4.78, 5) is 0. The third-order valence-corrected chi connectivity index (χ3v) is 3.04. The van der Waals surface area contributed by atoms with E-state index in [0.717, 1.165) is 25.3 Å². The van der Waals surface area contributed by atoms with Gasteiger partial charge in [0, 0.05) is 19.3 Å². The molecular weight excluding hydrogens is 212 g/mol. The van der Waals surface area contributed by atoms with Gasteiger partial charge in [-0.05, 0) is 18.4 Å². The Hall–Kier alpha value is -0.900. The summed E-state index contributed by atoms with van der Waals surface area (Å²) in [5.74, 6) is 1.39. The molecule has 1 rings (SSSR count). The van der Waals surface area contributed by atoms with Crippen LogP contribution >= 0.6 is 0 Å². The van der Waals surface area contributed by atoms with Crippen molar-refractivity contribution in [2.45, 2.75) is 53.6 Å². The number of nitrogens with zero attached hydrogens (tertiary/aromatic N) is 3. The Morgan fingerprint density at radius 1 is 1.29 bits per heavy atom. The SMILES string of the molecule is CCC(CC)Cn1cc(CNCC(C)C)nn1. The van der Waals surface area contributed by atoms with Crippen molar-refractivity contribution in [3.8, 4) is 0 Å². The van der Waals surface area contributed by atoms with Gasteiger partial charge in [0.2, 0.25) is 0 Å². The minimum absolute atomic E-state index is 0.676. The Bertz CT molecular complexity index is 302. The van der Waals surface area contributed by atoms with Crippen LogP contribution in [0.25, 0.3) is 0 Å². The van der Waals surface area contributed by atoms with Crippen LogP contribution in [0.4, 0.5) is 0 Å². The second kappa shape index (κ2) is 7.43. The van der Waals surface area contributed by atoms with E-state index in [2.05, 4.69) is 49.5 Å². The molecule has 0 aliphatic carbocycles. The van der Waals surface area contributed by atoms with E-state index in [1.807, 2.05) is 4.68 Å². The molecule has 0 saturated heterocycles. The van der Waals surface area contributed by atoms with Gasteiger partial charge in [0.25, 0.3) is 0 Å². The molecule has 4 heteroatoms. The molecule has 1 aromatic heterocycles. The number of rotatable bonds is 8. The maximum Gasteiger partial charge on any atom is 0.0964 e. The lowest BCUT2D eigenvalue weighted by atomic mass is 10.0. The van der Waals surface area contributed by atoms with Gasteiger partial charge in [-0.15, -0.1) is 5.10 Å². The molecule has 17 heavy (non-hydrogen) atoms. The Morgan fingerprint density at radius 3 is 2.59 bits per heavy atom. The van der Waals surface area contributed by atoms with Crippen molar-refractivity contribution in [1.29, 1.82) is 0 Å². The van der Waals surface area contributed by atoms with Crippen LogP contribution in [0.3, 0.4) is 0 Å². The van der Waals surface area contributed by atoms with Crippen molar-refractivity contribution in [3.05, 3.63) is 11.9 Å². The van der Waals surface area contributed by atoms with Gasteiger partial charge in [-0.25, -0.2) is 0 Å². The van der Waals surface area contributed by atoms with E-state index in [1.54, 1.807) is 0 Å². The smallest absolute Gasteiger partial charge is 0.0964 e. The average molecular weight is 238 g/mol. The van der Waals surface area contributed by atoms with Crippen molar-refractivity contribution in [1.82, 2.24) is 20.3 Å². The number of aromatic nitrogens is 3. The number of hydrogen-bond donors (Lipinski definition) is 1. The van der Waals surface area contributed by atoms with Gasteiger partial charge in [-0.3, -0.25) is 4.68 Å². The number of hydrogen-bond acceptors (Lipinski definition) is 3. The Labute approximate surface area is 105 Å². The molecular formula is C13H26N4. The van der Waals surface area contributed by atoms with Crippen LogP contribution in [0, 0.1) is 11.8 Å². The fourth-order valence-electron chi connectivity index (χ4n) is 1.81. The van der Waals surface area contributed by atoms with E-state index < -0.39 is 0 Å². The fraction of sp³-hybridized carbons (Fsp3) is 0.846. The third-order valence-electron chi connectivity index (χ3n) is 3.04. The van der Waals surface area contributed by atoms with Gasteiger partial charge in [0.05, 0.1) is 5.69 Å². The molecule has 0 radical (unpaired) electrons. The van der Waals surface area contributed by atoms with Crippen LogP contribution in [0.1, 0.15) is 46.2 Å². The molecule has 0 bridgehead atoms. The lowest BCUT2D eigenvalue weighted by Crippen LogP contribution is -2.19. The van der Waals surface area contributed by atoms with E-state index in [0.29, 0.717) is 11.8 Å². The highest BCUT2D eigenvalue weighted by Crippen LogP contribution is 2.10. The van der Waals surface area contributed by atoms with Crippen LogP contribution < -0.4 is 5.32 Å². The summed E-state index contributed by atoms with van der Waals surface area (Å²) < 4.78 is 1.98. The van der Waals surface area contributed by atoms with Crippen molar-refractivity contribution >= 4 is 0 Å². The molecule has 0 aromatic carbocycles. The average Bonchev–Trinajstić information content (AvgIpc) is 2.73. The molecule has 0 atom stereocenters. The van der Waals surface area contributed by atoms with Crippen LogP contribution in [-0.4, -0.2) is 21.5 Å². The highest BCUT2D eigenvalue weighted by Gasteiger charge is 2.07. The largest absolute Gasteiger partial charge is 0.311 e. The summed E-state index contributed by atoms with van der Waals surface area (Å²) in [7, 11) is 0. The monoisotopic (exact) mass is 238 g/mol. The Morgan fingerprint density at radius 2 is 2.00 bits per heavy atom. The van der Waals surface area contributed by atoms with Gasteiger partial charge >= 0.3 is 0 Å². The standard InChI is InChI=1S/C13H26N4/c1-5-12(6-2)9-17-10-13(15-16-17)8-14-7-11(3)4/h10-12,14H,5-9H2,1-4H3. The summed E-state index contributed by atoms with van der Waals surface area (Å²) in [5.41, 5.74) is 1.04. The molecule has 0 spiro atoms. The maximum atomic E-state index is 4.19. The van der Waals surface area contributed by atoms with E-state index in [9.17, 15) is 0 Å². The zero-order valence-electron chi connectivity index (χ0n) is 11.6. The Kier molecular flexibility index (Phi) is 6.19. The van der Waals surface area contributed by atoms with Crippen molar-refractivity contribution in [3.63, 3.8) is 0 Å². The van der Waals surface area contributed by atoms with E-state index in [1.165, 1.54) is 12.8 Å². The van der Waals surface area contributed by atoms with Crippen LogP contribution in [0.5, 0.6) is 0 Å². The summed E-state index contributed by atoms with van der Waals surface area (Å²) >= 11 is 0. The Balaban J connectivity index is 2.37. The normalized spacial score (nSPS) is 11.6. The maximum absolute atomic E-state index is 4.19. The van der Waals surface area contributed by atoms with E-state index in [-0.39, 0.29) is 0 Å². The van der Waals surface area contributed by atoms with E-state index >= 15 is 0 Å². The highest BCUT2D eigenvalue weighted by atomic mass is 15.4. The highest BCUT2D eigenvalue weighted by molar-refractivity contribution is 4.91. The summed E-state index contributed by atoms with van der Waals surface area (Å²) in [6.07, 6.45) is 4.47. The number of nitrogens with one attached hydrogen (secondary N) is 1. The van der Waals surface area contributed by atoms with Crippen molar-refractivity contribution in [2.24, 2.45) is 11.8 Å². The summed E-state index contributed by atoms with van der Waals surface area (Å²) in [5, 5.41) is 11.7. The predicted molar refractivity (Wildman–Crippen MR) is 70.6 cm³/mol. The van der Waals surface area contributed by atoms with Crippen LogP contribution in [-0.2, 0) is 13.1 Å². The van der Waals surface area contributed by atoms with Crippen molar-refractivity contribution in [2.75, 3.05) is 6.54 Å². The van der Waals surface area contributed by atoms with Gasteiger partial charge in [0.15, 0.2) is 0 Å². The summed E-state index contributed by atoms with van der Waals surface area (Å²) in [6, 6.07) is 0. The molecule has 4 nitrogen and oxygen atoms in total. The second-order valence-electron chi connectivity index (χ2n) is 5.14. The quantitative estimate of drug-likeness (QED) is 0.756. The molecule has 0 saturated carbocycles. The lowest BCUT2D eigenvalue weighted by Gasteiger charge is -2.10. The zero-order chi connectivity index (χ0) is 12.7. The van der Waals surface area contributed by atoms with Crippen LogP contribution in [0.2, 0.25) is 0 Å². The third kappa shape index (κ3) is 5.31. The topological polar surface area (TPSA) is 42.7 Å². The van der Waals surface area contributed by atoms with Crippen molar-refractivity contribution < 1.29 is 0 Å². The molecule has 1 heterocycles.